The number of hydrogen-bond acceptors (Lipinski definition) is 8. The lowest BCUT2D eigenvalue weighted by Gasteiger charge is -2.33. The number of rotatable bonds is 9. The van der Waals surface area contributed by atoms with Crippen molar-refractivity contribution in [2.24, 2.45) is 0 Å². The molecule has 0 radical (unpaired) electrons. The van der Waals surface area contributed by atoms with Gasteiger partial charge in [-0.2, -0.15) is 0 Å². The van der Waals surface area contributed by atoms with Gasteiger partial charge in [0.1, 0.15) is 17.6 Å². The van der Waals surface area contributed by atoms with Crippen molar-refractivity contribution in [2.45, 2.75) is 50.8 Å². The average molecular weight is 573 g/mol. The van der Waals surface area contributed by atoms with Crippen LogP contribution in [-0.4, -0.2) is 58.8 Å². The molecule has 2 aliphatic heterocycles. The molecular formula is C25H24F4NO8P. The molecular weight excluding hydrogens is 549 g/mol. The van der Waals surface area contributed by atoms with Gasteiger partial charge in [0.05, 0.1) is 13.0 Å². The largest absolute Gasteiger partial charge is 0.587 e. The monoisotopic (exact) mass is 573 g/mol. The number of aliphatic hydroxyl groups excluding tert-OH is 1. The summed E-state index contributed by atoms with van der Waals surface area (Å²) >= 11 is 0. The Morgan fingerprint density at radius 1 is 1.05 bits per heavy atom. The number of phosphoric acid groups is 1. The number of ether oxygens (including phenoxy) is 1. The predicted molar refractivity (Wildman–Crippen MR) is 127 cm³/mol. The fraction of sp³-hybridized carbons (Fsp3) is 0.360. The van der Waals surface area contributed by atoms with Crippen LogP contribution in [0.15, 0.2) is 60.6 Å². The van der Waals surface area contributed by atoms with E-state index in [1.807, 2.05) is 0 Å². The summed E-state index contributed by atoms with van der Waals surface area (Å²) in [5.41, 5.74) is -1.52. The van der Waals surface area contributed by atoms with E-state index in [2.05, 4.69) is 0 Å². The van der Waals surface area contributed by atoms with Gasteiger partial charge in [-0.1, -0.05) is 35.4 Å². The second-order valence-corrected chi connectivity index (χ2v) is 10.6. The fourth-order valence-corrected chi connectivity index (χ4v) is 5.12. The van der Waals surface area contributed by atoms with Gasteiger partial charge in [-0.3, -0.25) is 19.0 Å². The Bertz CT molecular complexity index is 1250. The Labute approximate surface area is 220 Å². The smallest absolute Gasteiger partial charge is 0.395 e. The Balaban J connectivity index is 1.62. The van der Waals surface area contributed by atoms with Gasteiger partial charge in [0, 0.05) is 6.20 Å². The van der Waals surface area contributed by atoms with Crippen molar-refractivity contribution in [1.82, 2.24) is 4.90 Å². The number of carbonyl (C=O) groups excluding carboxylic acids is 2. The first-order chi connectivity index (χ1) is 18.3. The van der Waals surface area contributed by atoms with Crippen LogP contribution in [0, 0.1) is 13.8 Å². The number of aliphatic hydroxyl groups is 1. The highest BCUT2D eigenvalue weighted by Gasteiger charge is 2.64. The highest BCUT2D eigenvalue weighted by molar-refractivity contribution is 7.49. The molecule has 4 rings (SSSR count). The van der Waals surface area contributed by atoms with Crippen LogP contribution in [0.4, 0.5) is 17.6 Å². The topological polar surface area (TPSA) is 112 Å². The van der Waals surface area contributed by atoms with Gasteiger partial charge in [0.25, 0.3) is 6.43 Å². The number of Topliss-reactive ketones (excluding diaryl/α,β-unsaturated/α-hetero) is 1. The van der Waals surface area contributed by atoms with Crippen molar-refractivity contribution in [3.8, 4) is 11.5 Å². The van der Waals surface area contributed by atoms with Gasteiger partial charge in [0.15, 0.2) is 23.8 Å². The predicted octanol–water partition coefficient (Wildman–Crippen LogP) is 4.56. The summed E-state index contributed by atoms with van der Waals surface area (Å²) in [4.78, 5) is 23.9. The van der Waals surface area contributed by atoms with Crippen LogP contribution >= 0.6 is 7.82 Å². The van der Waals surface area contributed by atoms with Crippen molar-refractivity contribution in [1.29, 1.82) is 0 Å². The second-order valence-electron chi connectivity index (χ2n) is 9.06. The summed E-state index contributed by atoms with van der Waals surface area (Å²) in [5.74, 6) is -3.77. The third-order valence-corrected chi connectivity index (χ3v) is 7.42. The molecule has 2 aromatic carbocycles. The minimum absolute atomic E-state index is 0.0135. The van der Waals surface area contributed by atoms with E-state index in [1.54, 1.807) is 38.1 Å². The number of carbonyl (C=O) groups is 2. The van der Waals surface area contributed by atoms with Crippen molar-refractivity contribution in [2.75, 3.05) is 6.61 Å². The van der Waals surface area contributed by atoms with Crippen LogP contribution in [0.5, 0.6) is 11.5 Å². The number of amides is 1. The van der Waals surface area contributed by atoms with E-state index in [0.29, 0.717) is 6.20 Å². The van der Waals surface area contributed by atoms with E-state index in [-0.39, 0.29) is 16.4 Å². The number of benzene rings is 2. The first-order valence-electron chi connectivity index (χ1n) is 11.6. The zero-order chi connectivity index (χ0) is 28.5. The van der Waals surface area contributed by atoms with Crippen LogP contribution in [0.2, 0.25) is 0 Å². The zero-order valence-corrected chi connectivity index (χ0v) is 21.5. The lowest BCUT2D eigenvalue weighted by Crippen LogP contribution is -2.52. The summed E-state index contributed by atoms with van der Waals surface area (Å²) in [5, 5.41) is 10.5. The molecule has 2 aliphatic rings. The van der Waals surface area contributed by atoms with Crippen molar-refractivity contribution < 1.29 is 55.1 Å². The number of aryl methyl sites for hydroxylation is 2. The van der Waals surface area contributed by atoms with E-state index in [9.17, 15) is 32.4 Å². The molecule has 1 N–H and O–H groups in total. The minimum atomic E-state index is -4.80. The molecule has 2 aromatic rings. The van der Waals surface area contributed by atoms with E-state index >= 15 is 4.39 Å². The van der Waals surface area contributed by atoms with Gasteiger partial charge < -0.3 is 18.9 Å². The van der Waals surface area contributed by atoms with Crippen LogP contribution in [-0.2, 0) is 23.4 Å². The molecule has 0 aromatic heterocycles. The third kappa shape index (κ3) is 6.01. The highest BCUT2D eigenvalue weighted by atomic mass is 31.2. The molecule has 14 heteroatoms. The van der Waals surface area contributed by atoms with E-state index < -0.39 is 68.9 Å². The van der Waals surface area contributed by atoms with E-state index in [4.69, 9.17) is 18.3 Å². The molecule has 4 atom stereocenters. The summed E-state index contributed by atoms with van der Waals surface area (Å²) in [6.07, 6.45) is -11.9. The zero-order valence-electron chi connectivity index (χ0n) is 20.6. The van der Waals surface area contributed by atoms with Gasteiger partial charge in [-0.25, -0.2) is 22.1 Å². The van der Waals surface area contributed by atoms with E-state index in [0.717, 1.165) is 11.1 Å². The van der Waals surface area contributed by atoms with Crippen LogP contribution < -0.4 is 9.05 Å². The summed E-state index contributed by atoms with van der Waals surface area (Å²) in [6.45, 7) is 2.13. The number of nitrogens with zero attached hydrogens (tertiary/aromatic N) is 1. The lowest BCUT2D eigenvalue weighted by molar-refractivity contribution is -0.200. The standard InChI is InChI=1S/C25H24F4NO8P/c1-14-3-7-16(8-4-14)37-39(34,38-17-9-5-15(2)6-10-17)35-13-25(24(28)29)22(33)21(27)23(36-25)30-12-18(26)19(31)11-20(30)32/h3-10,12,21-24,33H,11,13H2,1-2H3/t21-,22+,23-,25-/m1/s1. The van der Waals surface area contributed by atoms with Crippen LogP contribution in [0.25, 0.3) is 0 Å². The second kappa shape index (κ2) is 11.1. The molecule has 39 heavy (non-hydrogen) atoms. The molecule has 210 valence electrons. The first-order valence-corrected chi connectivity index (χ1v) is 13.1. The minimum Gasteiger partial charge on any atom is -0.395 e. The maximum absolute atomic E-state index is 15.1. The summed E-state index contributed by atoms with van der Waals surface area (Å²) in [6, 6.07) is 12.1. The lowest BCUT2D eigenvalue weighted by atomic mass is 9.97. The first kappa shape index (κ1) is 28.8. The quantitative estimate of drug-likeness (QED) is 0.264. The Morgan fingerprint density at radius 2 is 1.56 bits per heavy atom. The number of halogens is 4. The van der Waals surface area contributed by atoms with Gasteiger partial charge >= 0.3 is 7.82 Å². The van der Waals surface area contributed by atoms with Crippen molar-refractivity contribution in [3.05, 3.63) is 71.7 Å². The number of ketones is 1. The fourth-order valence-electron chi connectivity index (χ4n) is 3.86. The molecule has 1 fully saturated rings. The molecule has 0 saturated carbocycles. The number of hydrogen-bond donors (Lipinski definition) is 1. The van der Waals surface area contributed by atoms with Gasteiger partial charge in [-0.15, -0.1) is 0 Å². The maximum Gasteiger partial charge on any atom is 0.587 e. The highest BCUT2D eigenvalue weighted by Crippen LogP contribution is 2.52. The molecule has 0 spiro atoms. The molecule has 9 nitrogen and oxygen atoms in total. The molecule has 0 unspecified atom stereocenters. The SMILES string of the molecule is Cc1ccc(OP(=O)(OC[C@@]2(C(F)F)O[C@@H](N3C=C(F)C(=O)CC3=O)[C@H](F)[C@@H]2O)Oc2ccc(C)cc2)cc1. The Hall–Kier alpha value is -3.25. The van der Waals surface area contributed by atoms with Gasteiger partial charge in [-0.05, 0) is 38.1 Å². The van der Waals surface area contributed by atoms with Crippen LogP contribution in [0.1, 0.15) is 17.5 Å². The molecule has 2 heterocycles. The number of phosphoric ester groups is 1. The normalized spacial score (nSPS) is 25.7. The third-order valence-electron chi connectivity index (χ3n) is 6.10. The Morgan fingerprint density at radius 3 is 2.05 bits per heavy atom. The number of allylic oxidation sites excluding steroid dienone is 1. The maximum atomic E-state index is 15.1. The summed E-state index contributed by atoms with van der Waals surface area (Å²) < 4.78 is 92.4. The Kier molecular flexibility index (Phi) is 8.17. The van der Waals surface area contributed by atoms with Crippen LogP contribution in [0.3, 0.4) is 0 Å². The summed E-state index contributed by atoms with van der Waals surface area (Å²) in [7, 11) is -4.80. The van der Waals surface area contributed by atoms with Crippen molar-refractivity contribution >= 4 is 19.5 Å². The van der Waals surface area contributed by atoms with Gasteiger partial charge in [0.2, 0.25) is 11.7 Å². The molecule has 0 bridgehead atoms. The number of alkyl halides is 3. The average Bonchev–Trinajstić information content (AvgIpc) is 3.14. The van der Waals surface area contributed by atoms with E-state index in [1.165, 1.54) is 24.3 Å². The molecule has 1 saturated heterocycles. The van der Waals surface area contributed by atoms with Crippen molar-refractivity contribution in [3.63, 3.8) is 0 Å². The molecule has 1 amide bonds. The molecule has 0 aliphatic carbocycles.